The largest absolute Gasteiger partial charge is 0.493 e. The number of hydrogen-bond acceptors (Lipinski definition) is 3. The monoisotopic (exact) mass is 258 g/mol. The van der Waals surface area contributed by atoms with Gasteiger partial charge in [0.1, 0.15) is 11.3 Å². The second kappa shape index (κ2) is 6.18. The number of halogens is 2. The number of nitrogens with zero attached hydrogens (tertiary/aromatic N) is 1. The number of amides is 1. The van der Waals surface area contributed by atoms with Gasteiger partial charge in [0.05, 0.1) is 13.2 Å². The summed E-state index contributed by atoms with van der Waals surface area (Å²) in [7, 11) is 1.30. The summed E-state index contributed by atoms with van der Waals surface area (Å²) < 4.78 is 29.8. The molecule has 2 N–H and O–H groups in total. The van der Waals surface area contributed by atoms with Crippen molar-refractivity contribution >= 4 is 11.6 Å². The van der Waals surface area contributed by atoms with Crippen molar-refractivity contribution in [3.63, 3.8) is 0 Å². The van der Waals surface area contributed by atoms with E-state index in [1.807, 2.05) is 0 Å². The van der Waals surface area contributed by atoms with E-state index in [1.165, 1.54) is 13.1 Å². The first-order valence-corrected chi connectivity index (χ1v) is 5.52. The SMILES string of the molecule is CCOc1cccc(N)c1C(=O)N(C)CC(F)F. The van der Waals surface area contributed by atoms with Crippen molar-refractivity contribution in [2.75, 3.05) is 25.9 Å². The summed E-state index contributed by atoms with van der Waals surface area (Å²) in [6, 6.07) is 4.76. The van der Waals surface area contributed by atoms with Crippen molar-refractivity contribution in [1.82, 2.24) is 4.90 Å². The number of nitrogen functional groups attached to an aromatic ring is 1. The Kier molecular flexibility index (Phi) is 4.88. The Morgan fingerprint density at radius 3 is 2.72 bits per heavy atom. The van der Waals surface area contributed by atoms with E-state index in [2.05, 4.69) is 0 Å². The third-order valence-electron chi connectivity index (χ3n) is 2.33. The van der Waals surface area contributed by atoms with Gasteiger partial charge in [-0.25, -0.2) is 8.78 Å². The standard InChI is InChI=1S/C12H16F2N2O2/c1-3-18-9-6-4-5-8(15)11(9)12(17)16(2)7-10(13)14/h4-6,10H,3,7,15H2,1-2H3. The van der Waals surface area contributed by atoms with E-state index >= 15 is 0 Å². The summed E-state index contributed by atoms with van der Waals surface area (Å²) in [6.45, 7) is 1.49. The molecule has 0 spiro atoms. The fraction of sp³-hybridized carbons (Fsp3) is 0.417. The molecule has 1 aromatic carbocycles. The molecule has 0 heterocycles. The number of benzene rings is 1. The zero-order chi connectivity index (χ0) is 13.7. The van der Waals surface area contributed by atoms with E-state index < -0.39 is 18.9 Å². The molecule has 0 bridgehead atoms. The van der Waals surface area contributed by atoms with Gasteiger partial charge in [-0.15, -0.1) is 0 Å². The molecule has 0 saturated carbocycles. The summed E-state index contributed by atoms with van der Waals surface area (Å²) in [6.07, 6.45) is -2.58. The summed E-state index contributed by atoms with van der Waals surface area (Å²) in [5.41, 5.74) is 6.05. The smallest absolute Gasteiger partial charge is 0.259 e. The lowest BCUT2D eigenvalue weighted by molar-refractivity contribution is 0.0617. The Bertz CT molecular complexity index is 425. The van der Waals surface area contributed by atoms with Gasteiger partial charge >= 0.3 is 0 Å². The first-order valence-electron chi connectivity index (χ1n) is 5.52. The van der Waals surface area contributed by atoms with Gasteiger partial charge in [-0.1, -0.05) is 6.07 Å². The molecule has 0 unspecified atom stereocenters. The van der Waals surface area contributed by atoms with Crippen molar-refractivity contribution in [1.29, 1.82) is 0 Å². The average Bonchev–Trinajstić information content (AvgIpc) is 2.28. The highest BCUT2D eigenvalue weighted by Gasteiger charge is 2.21. The Balaban J connectivity index is 3.03. The van der Waals surface area contributed by atoms with Crippen LogP contribution >= 0.6 is 0 Å². The lowest BCUT2D eigenvalue weighted by atomic mass is 10.1. The number of ether oxygens (including phenoxy) is 1. The van der Waals surface area contributed by atoms with Crippen LogP contribution in [0.5, 0.6) is 5.75 Å². The third-order valence-corrected chi connectivity index (χ3v) is 2.33. The number of anilines is 1. The van der Waals surface area contributed by atoms with E-state index in [1.54, 1.807) is 19.1 Å². The van der Waals surface area contributed by atoms with E-state index in [0.29, 0.717) is 12.4 Å². The first-order chi connectivity index (χ1) is 8.47. The second-order valence-corrected chi connectivity index (χ2v) is 3.73. The molecule has 100 valence electrons. The quantitative estimate of drug-likeness (QED) is 0.822. The number of hydrogen-bond donors (Lipinski definition) is 1. The molecule has 6 heteroatoms. The summed E-state index contributed by atoms with van der Waals surface area (Å²) in [5.74, 6) is -0.263. The summed E-state index contributed by atoms with van der Waals surface area (Å²) >= 11 is 0. The van der Waals surface area contributed by atoms with Crippen LogP contribution in [0.3, 0.4) is 0 Å². The van der Waals surface area contributed by atoms with Crippen molar-refractivity contribution in [3.05, 3.63) is 23.8 Å². The fourth-order valence-electron chi connectivity index (χ4n) is 1.53. The molecule has 0 aliphatic carbocycles. The van der Waals surface area contributed by atoms with E-state index in [0.717, 1.165) is 4.90 Å². The fourth-order valence-corrected chi connectivity index (χ4v) is 1.53. The van der Waals surface area contributed by atoms with Crippen molar-refractivity contribution in [2.24, 2.45) is 0 Å². The Morgan fingerprint density at radius 2 is 2.17 bits per heavy atom. The Hall–Kier alpha value is -1.85. The first kappa shape index (κ1) is 14.2. The minimum atomic E-state index is -2.58. The van der Waals surface area contributed by atoms with E-state index in [9.17, 15) is 13.6 Å². The van der Waals surface area contributed by atoms with Gasteiger partial charge in [0.2, 0.25) is 0 Å². The van der Waals surface area contributed by atoms with Gasteiger partial charge in [-0.2, -0.15) is 0 Å². The highest BCUT2D eigenvalue weighted by Crippen LogP contribution is 2.25. The van der Waals surface area contributed by atoms with Gasteiger partial charge in [-0.05, 0) is 19.1 Å². The van der Waals surface area contributed by atoms with Crippen LogP contribution in [-0.2, 0) is 0 Å². The maximum Gasteiger partial charge on any atom is 0.259 e. The average molecular weight is 258 g/mol. The van der Waals surface area contributed by atoms with Crippen LogP contribution in [0.4, 0.5) is 14.5 Å². The molecule has 1 rings (SSSR count). The predicted octanol–water partition coefficient (Wildman–Crippen LogP) is 2.00. The highest BCUT2D eigenvalue weighted by molar-refractivity contribution is 6.01. The molecule has 18 heavy (non-hydrogen) atoms. The van der Waals surface area contributed by atoms with Gasteiger partial charge in [0.15, 0.2) is 0 Å². The lowest BCUT2D eigenvalue weighted by Gasteiger charge is -2.19. The lowest BCUT2D eigenvalue weighted by Crippen LogP contribution is -2.32. The molecule has 4 nitrogen and oxygen atoms in total. The van der Waals surface area contributed by atoms with Gasteiger partial charge in [-0.3, -0.25) is 4.79 Å². The molecule has 0 atom stereocenters. The summed E-state index contributed by atoms with van der Waals surface area (Å²) in [5, 5.41) is 0. The number of rotatable bonds is 5. The molecule has 0 saturated heterocycles. The van der Waals surface area contributed by atoms with Crippen LogP contribution in [0.25, 0.3) is 0 Å². The Labute approximate surface area is 104 Å². The summed E-state index contributed by atoms with van der Waals surface area (Å²) in [4.78, 5) is 13.0. The zero-order valence-electron chi connectivity index (χ0n) is 10.3. The van der Waals surface area contributed by atoms with Gasteiger partial charge in [0, 0.05) is 12.7 Å². The highest BCUT2D eigenvalue weighted by atomic mass is 19.3. The third kappa shape index (κ3) is 3.32. The number of carbonyl (C=O) groups is 1. The number of carbonyl (C=O) groups excluding carboxylic acids is 1. The topological polar surface area (TPSA) is 55.6 Å². The second-order valence-electron chi connectivity index (χ2n) is 3.73. The van der Waals surface area contributed by atoms with Crippen molar-refractivity contribution < 1.29 is 18.3 Å². The number of nitrogens with two attached hydrogens (primary N) is 1. The molecule has 0 radical (unpaired) electrons. The van der Waals surface area contributed by atoms with Crippen LogP contribution in [0.15, 0.2) is 18.2 Å². The Morgan fingerprint density at radius 1 is 1.50 bits per heavy atom. The van der Waals surface area contributed by atoms with Crippen LogP contribution in [0.1, 0.15) is 17.3 Å². The molecule has 0 aliphatic heterocycles. The minimum Gasteiger partial charge on any atom is -0.493 e. The van der Waals surface area contributed by atoms with Crippen molar-refractivity contribution in [2.45, 2.75) is 13.3 Å². The molecule has 0 aliphatic rings. The molecular weight excluding hydrogens is 242 g/mol. The molecule has 1 aromatic rings. The van der Waals surface area contributed by atoms with Crippen LogP contribution in [0.2, 0.25) is 0 Å². The maximum absolute atomic E-state index is 12.3. The minimum absolute atomic E-state index is 0.127. The van der Waals surface area contributed by atoms with E-state index in [-0.39, 0.29) is 11.3 Å². The van der Waals surface area contributed by atoms with Gasteiger partial charge < -0.3 is 15.4 Å². The maximum atomic E-state index is 12.3. The molecular formula is C12H16F2N2O2. The van der Waals surface area contributed by atoms with Crippen LogP contribution in [-0.4, -0.2) is 37.4 Å². The van der Waals surface area contributed by atoms with Crippen LogP contribution in [0, 0.1) is 0 Å². The molecule has 0 fully saturated rings. The van der Waals surface area contributed by atoms with Crippen molar-refractivity contribution in [3.8, 4) is 5.75 Å². The number of alkyl halides is 2. The van der Waals surface area contributed by atoms with Gasteiger partial charge in [0.25, 0.3) is 12.3 Å². The van der Waals surface area contributed by atoms with Crippen LogP contribution < -0.4 is 10.5 Å². The normalized spacial score (nSPS) is 10.5. The molecule has 1 amide bonds. The predicted molar refractivity (Wildman–Crippen MR) is 65.0 cm³/mol. The molecule has 0 aromatic heterocycles. The zero-order valence-corrected chi connectivity index (χ0v) is 10.3. The van der Waals surface area contributed by atoms with E-state index in [4.69, 9.17) is 10.5 Å².